The number of rotatable bonds is 102. The van der Waals surface area contributed by atoms with Crippen molar-refractivity contribution in [2.45, 2.75) is 562 Å². The van der Waals surface area contributed by atoms with Crippen molar-refractivity contribution in [1.29, 1.82) is 0 Å². The largest absolute Gasteiger partial charge is 0.462 e. The summed E-state index contributed by atoms with van der Waals surface area (Å²) in [6.45, 7) is 28.6. The average Bonchev–Trinajstić information content (AvgIpc) is 0.928. The zero-order valence-corrected chi connectivity index (χ0v) is 99.1. The fraction of sp³-hybridized carbons (Fsp3) is 0.892. The van der Waals surface area contributed by atoms with E-state index >= 15 is 0 Å². The van der Waals surface area contributed by atoms with Crippen LogP contribution >= 0.6 is 35.3 Å². The van der Waals surface area contributed by atoms with Gasteiger partial charge in [-0.15, -0.1) is 0 Å². The Morgan fingerprint density at radius 3 is 0.639 bits per heavy atom. The van der Waals surface area contributed by atoms with Gasteiger partial charge in [-0.05, 0) is 229 Å². The Labute approximate surface area is 900 Å². The average molecular weight is 2090 g/mol. The van der Waals surface area contributed by atoms with Gasteiger partial charge in [-0.3, -0.25) is 43.2 Å². The third-order valence-corrected chi connectivity index (χ3v) is 29.1. The molecule has 0 unspecified atom stereocenters. The summed E-state index contributed by atoms with van der Waals surface area (Å²) in [6, 6.07) is 0. The first kappa shape index (κ1) is 144. The maximum atomic E-state index is 13.3. The minimum Gasteiger partial charge on any atom is -0.462 e. The molecule has 0 saturated heterocycles. The Morgan fingerprint density at radius 2 is 0.403 bits per heavy atom. The van der Waals surface area contributed by atoms with E-state index in [2.05, 4.69) is 96.1 Å². The van der Waals surface area contributed by atoms with Gasteiger partial charge >= 0.3 is 35.8 Å². The van der Waals surface area contributed by atoms with E-state index in [1.807, 2.05) is 64.2 Å². The lowest BCUT2D eigenvalue weighted by Crippen LogP contribution is -2.31. The number of hydrogen-bond acceptors (Lipinski definition) is 21. The molecule has 0 rings (SSSR count). The molecule has 0 aromatic heterocycles. The normalized spacial score (nSPS) is 11.5. The quantitative estimate of drug-likeness (QED) is 0.0238. The van der Waals surface area contributed by atoms with E-state index in [4.69, 9.17) is 28.4 Å². The molecule has 0 spiro atoms. The number of carbonyl (C=O) groups is 9. The summed E-state index contributed by atoms with van der Waals surface area (Å²) in [5.74, 6) is 1.23. The monoisotopic (exact) mass is 2090 g/mol. The molecule has 848 valence electrons. The van der Waals surface area contributed by atoms with Crippen LogP contribution in [0.1, 0.15) is 538 Å². The first-order valence-electron chi connectivity index (χ1n) is 60.0. The summed E-state index contributed by atoms with van der Waals surface area (Å²) in [6.07, 6.45) is 84.5. The van der Waals surface area contributed by atoms with E-state index in [1.165, 1.54) is 292 Å². The van der Waals surface area contributed by atoms with Crippen molar-refractivity contribution >= 4 is 86.8 Å². The van der Waals surface area contributed by atoms with Crippen LogP contribution in [0, 0.1) is 0 Å². The molecule has 21 nitrogen and oxygen atoms in total. The molecule has 0 heterocycles. The molecular weight excluding hydrogens is 1860 g/mol. The second-order valence-corrected chi connectivity index (χ2v) is 44.6. The molecular formula is C120H230N6O15S3. The van der Waals surface area contributed by atoms with Gasteiger partial charge < -0.3 is 57.8 Å². The molecule has 0 aromatic carbocycles. The first-order chi connectivity index (χ1) is 69.9. The van der Waals surface area contributed by atoms with E-state index in [9.17, 15) is 43.2 Å². The molecule has 0 saturated carbocycles. The number of unbranched alkanes of at least 4 members (excludes halogenated alkanes) is 42. The summed E-state index contributed by atoms with van der Waals surface area (Å²) in [7, 11) is 12.1. The molecule has 0 bridgehead atoms. The van der Waals surface area contributed by atoms with Gasteiger partial charge in [0.2, 0.25) is 0 Å². The van der Waals surface area contributed by atoms with Crippen LogP contribution in [0.5, 0.6) is 0 Å². The second kappa shape index (κ2) is 113. The summed E-state index contributed by atoms with van der Waals surface area (Å²) >= 11 is 3.99. The number of thioether (sulfide) groups is 3. The number of allylic oxidation sites excluding steroid dienone is 2. The Balaban J connectivity index is -0.00000208. The van der Waals surface area contributed by atoms with Gasteiger partial charge in [0, 0.05) is 108 Å². The maximum absolute atomic E-state index is 13.3. The molecule has 0 N–H and O–H groups in total. The Hall–Kier alpha value is -4.36. The van der Waals surface area contributed by atoms with Crippen molar-refractivity contribution in [3.8, 4) is 0 Å². The molecule has 0 aliphatic carbocycles. The zero-order valence-electron chi connectivity index (χ0n) is 96.7. The van der Waals surface area contributed by atoms with Crippen LogP contribution in [-0.4, -0.2) is 237 Å². The number of carbonyl (C=O) groups excluding carboxylic acids is 9. The van der Waals surface area contributed by atoms with Crippen LogP contribution in [-0.2, 0) is 57.2 Å². The molecule has 0 aliphatic rings. The van der Waals surface area contributed by atoms with Crippen molar-refractivity contribution in [1.82, 2.24) is 29.4 Å². The minimum absolute atomic E-state index is 0.00151. The van der Waals surface area contributed by atoms with Gasteiger partial charge in [0.05, 0.1) is 0 Å². The van der Waals surface area contributed by atoms with Crippen molar-refractivity contribution in [3.05, 3.63) is 24.3 Å². The van der Waals surface area contributed by atoms with Crippen LogP contribution < -0.4 is 0 Å². The van der Waals surface area contributed by atoms with Gasteiger partial charge in [0.25, 0.3) is 15.7 Å². The summed E-state index contributed by atoms with van der Waals surface area (Å²) in [5.41, 5.74) is 0. The zero-order chi connectivity index (χ0) is 107. The van der Waals surface area contributed by atoms with Crippen LogP contribution in [0.2, 0.25) is 0 Å². The van der Waals surface area contributed by atoms with E-state index in [-0.39, 0.29) is 82.4 Å². The number of nitrogens with zero attached hydrogens (tertiary/aromatic N) is 6. The third kappa shape index (κ3) is 105. The lowest BCUT2D eigenvalue weighted by Gasteiger charge is -2.23. The fourth-order valence-electron chi connectivity index (χ4n) is 17.2. The Kier molecular flexibility index (Phi) is 113. The van der Waals surface area contributed by atoms with Crippen molar-refractivity contribution in [2.24, 2.45) is 0 Å². The molecule has 0 aliphatic heterocycles. The maximum Gasteiger partial charge on any atom is 0.306 e. The second-order valence-electron chi connectivity index (χ2n) is 41.5. The van der Waals surface area contributed by atoms with Gasteiger partial charge in [-0.2, -0.15) is 0 Å². The summed E-state index contributed by atoms with van der Waals surface area (Å²) in [4.78, 5) is 127. The highest BCUT2D eigenvalue weighted by atomic mass is 32.2. The topological polar surface area (TPSA) is 228 Å². The number of ether oxygens (including phenoxy) is 6. The lowest BCUT2D eigenvalue weighted by molar-refractivity contribution is -0.151. The van der Waals surface area contributed by atoms with E-state index in [0.29, 0.717) is 122 Å². The standard InChI is InChI=1S/C44H86N2O5S.C39H74N2O5S.C37H70N2O5S/c1-7-11-15-19-23-30-40(31-24-20-16-12-8-2)50-42(47)34-27-37-46(44(49)52-39-29-36-45(5)6)38-28-35-43(48)51-41(32-25-21-17-13-9-3)33-26-22-18-14-10-4;1-6-9-12-15-16-19-25-34-45-37(42)30-26-32-41(39(44)47-35-33-40(4)5)31-24-20-23-29-38(43)46-36(27-21-17-13-10-7-2)28-22-18-14-11-8-3;1-6-9-12-15-16-19-22-32-43-35(40)27-23-29-39(37(42)45-33-31-38(4)5)30-24-28-36(41)44-34(25-20-17-13-10-7-2)26-21-18-14-11-8-3/h40-41H,7-39H2,1-6H3;19,25,36H,6-18,20-24,26-35H2,1-5H3;19,22,34H,6-18,20-21,23-33H2,1-5H3/b;25-19-;22-19-. The molecule has 144 heavy (non-hydrogen) atoms. The molecule has 0 radical (unpaired) electrons. The number of esters is 6. The number of hydrogen-bond donors (Lipinski definition) is 0. The molecule has 0 atom stereocenters. The van der Waals surface area contributed by atoms with Gasteiger partial charge in [0.15, 0.2) is 0 Å². The van der Waals surface area contributed by atoms with E-state index in [0.717, 1.165) is 172 Å². The Morgan fingerprint density at radius 1 is 0.201 bits per heavy atom. The van der Waals surface area contributed by atoms with Crippen LogP contribution in [0.15, 0.2) is 24.3 Å². The highest BCUT2D eigenvalue weighted by molar-refractivity contribution is 8.14. The molecule has 24 heteroatoms. The van der Waals surface area contributed by atoms with E-state index in [1.54, 1.807) is 4.90 Å². The Bertz CT molecular complexity index is 2840. The van der Waals surface area contributed by atoms with Crippen LogP contribution in [0.3, 0.4) is 0 Å². The SMILES string of the molecule is CCCCCC/C=C\COC(=O)CCCN(CCCC(=O)OC(CCCCCCC)CCCCCCC)C(=O)SCCN(C)C.CCCCCC/C=C\COC(=O)CCCN(CCCCCC(=O)OC(CCCCCCC)CCCCCCC)C(=O)SCCN(C)C.CCCCCCCC(CCCCCCC)OC(=O)CCCN(CCCC(=O)OC(CCCCCCC)CCCCCCC)C(=O)SCCCN(C)C. The fourth-order valence-corrected chi connectivity index (χ4v) is 20.0. The highest BCUT2D eigenvalue weighted by Gasteiger charge is 2.24. The summed E-state index contributed by atoms with van der Waals surface area (Å²) < 4.78 is 34.7. The van der Waals surface area contributed by atoms with E-state index < -0.39 is 0 Å². The molecule has 0 aromatic rings. The van der Waals surface area contributed by atoms with Gasteiger partial charge in [-0.25, -0.2) is 0 Å². The lowest BCUT2D eigenvalue weighted by atomic mass is 10.0. The van der Waals surface area contributed by atoms with Crippen molar-refractivity contribution in [3.63, 3.8) is 0 Å². The first-order valence-corrected chi connectivity index (χ1v) is 63.0. The number of amides is 3. The molecule has 3 amide bonds. The van der Waals surface area contributed by atoms with Crippen molar-refractivity contribution < 1.29 is 71.6 Å². The summed E-state index contributed by atoms with van der Waals surface area (Å²) in [5, 5.41) is 0.0996. The predicted octanol–water partition coefficient (Wildman–Crippen LogP) is 33.6. The van der Waals surface area contributed by atoms with Gasteiger partial charge in [0.1, 0.15) is 37.6 Å². The van der Waals surface area contributed by atoms with Crippen LogP contribution in [0.4, 0.5) is 14.4 Å². The van der Waals surface area contributed by atoms with Crippen LogP contribution in [0.25, 0.3) is 0 Å². The van der Waals surface area contributed by atoms with Crippen molar-refractivity contribution in [2.75, 3.05) is 132 Å². The van der Waals surface area contributed by atoms with Gasteiger partial charge in [-0.1, -0.05) is 379 Å². The molecule has 0 fully saturated rings. The third-order valence-electron chi connectivity index (χ3n) is 26.3. The predicted molar refractivity (Wildman–Crippen MR) is 617 cm³/mol. The smallest absolute Gasteiger partial charge is 0.306 e. The highest BCUT2D eigenvalue weighted by Crippen LogP contribution is 2.26. The minimum atomic E-state index is -0.239.